The molecule has 0 radical (unpaired) electrons. The van der Waals surface area contributed by atoms with Crippen LogP contribution in [0, 0.1) is 11.8 Å². The number of carboxylic acid groups (broad SMARTS) is 1. The van der Waals surface area contributed by atoms with Crippen LogP contribution in [0.3, 0.4) is 0 Å². The predicted octanol–water partition coefficient (Wildman–Crippen LogP) is 1.26. The third-order valence-corrected chi connectivity index (χ3v) is 3.19. The van der Waals surface area contributed by atoms with E-state index < -0.39 is 17.5 Å². The van der Waals surface area contributed by atoms with Crippen molar-refractivity contribution in [3.05, 3.63) is 0 Å². The van der Waals surface area contributed by atoms with Gasteiger partial charge in [-0.1, -0.05) is 13.3 Å². The second kappa shape index (κ2) is 3.05. The average Bonchev–Trinajstić information content (AvgIpc) is 2.32. The fraction of sp³-hybridized carbons (Fsp3) is 0.889. The molecule has 0 aromatic rings. The van der Waals surface area contributed by atoms with E-state index in [1.807, 2.05) is 6.92 Å². The molecule has 0 amide bonds. The van der Waals surface area contributed by atoms with E-state index in [2.05, 4.69) is 0 Å². The molecule has 70 valence electrons. The van der Waals surface area contributed by atoms with Crippen molar-refractivity contribution < 1.29 is 15.0 Å². The Kier molecular flexibility index (Phi) is 2.42. The maximum Gasteiger partial charge on any atom is 0.309 e. The summed E-state index contributed by atoms with van der Waals surface area (Å²) in [7, 11) is 0. The van der Waals surface area contributed by atoms with Gasteiger partial charge in [-0.25, -0.2) is 0 Å². The molecule has 0 spiro atoms. The van der Waals surface area contributed by atoms with Gasteiger partial charge in [0.1, 0.15) is 0 Å². The molecule has 0 saturated heterocycles. The van der Waals surface area contributed by atoms with E-state index in [9.17, 15) is 9.90 Å². The molecule has 3 unspecified atom stereocenters. The SMILES string of the molecule is CC1CCCC1(O)C(C)C(=O)O. The topological polar surface area (TPSA) is 57.5 Å². The Morgan fingerprint density at radius 2 is 2.25 bits per heavy atom. The highest BCUT2D eigenvalue weighted by Gasteiger charge is 2.45. The van der Waals surface area contributed by atoms with Gasteiger partial charge in [0, 0.05) is 0 Å². The summed E-state index contributed by atoms with van der Waals surface area (Å²) < 4.78 is 0. The zero-order valence-electron chi connectivity index (χ0n) is 7.58. The highest BCUT2D eigenvalue weighted by molar-refractivity contribution is 5.71. The Morgan fingerprint density at radius 1 is 1.67 bits per heavy atom. The molecule has 12 heavy (non-hydrogen) atoms. The summed E-state index contributed by atoms with van der Waals surface area (Å²) in [5.41, 5.74) is -0.966. The molecule has 0 aromatic heterocycles. The first-order chi connectivity index (χ1) is 5.48. The number of hydrogen-bond acceptors (Lipinski definition) is 2. The highest BCUT2D eigenvalue weighted by Crippen LogP contribution is 2.40. The fourth-order valence-electron chi connectivity index (χ4n) is 2.04. The van der Waals surface area contributed by atoms with Crippen molar-refractivity contribution >= 4 is 5.97 Å². The lowest BCUT2D eigenvalue weighted by molar-refractivity contribution is -0.153. The van der Waals surface area contributed by atoms with Gasteiger partial charge in [0.15, 0.2) is 0 Å². The molecule has 0 bridgehead atoms. The largest absolute Gasteiger partial charge is 0.481 e. The number of aliphatic carboxylic acids is 1. The number of carboxylic acids is 1. The Hall–Kier alpha value is -0.570. The summed E-state index contributed by atoms with van der Waals surface area (Å²) >= 11 is 0. The van der Waals surface area contributed by atoms with E-state index in [1.54, 1.807) is 6.92 Å². The minimum atomic E-state index is -0.966. The van der Waals surface area contributed by atoms with Gasteiger partial charge < -0.3 is 10.2 Å². The van der Waals surface area contributed by atoms with Gasteiger partial charge in [0.25, 0.3) is 0 Å². The molecule has 1 aliphatic carbocycles. The van der Waals surface area contributed by atoms with E-state index in [0.717, 1.165) is 12.8 Å². The van der Waals surface area contributed by atoms with Crippen molar-refractivity contribution in [2.45, 2.75) is 38.7 Å². The van der Waals surface area contributed by atoms with E-state index in [4.69, 9.17) is 5.11 Å². The van der Waals surface area contributed by atoms with Crippen LogP contribution in [0.1, 0.15) is 33.1 Å². The second-order valence-electron chi connectivity index (χ2n) is 3.84. The summed E-state index contributed by atoms with van der Waals surface area (Å²) in [6, 6.07) is 0. The van der Waals surface area contributed by atoms with E-state index >= 15 is 0 Å². The van der Waals surface area contributed by atoms with Crippen molar-refractivity contribution in [3.63, 3.8) is 0 Å². The first-order valence-corrected chi connectivity index (χ1v) is 4.43. The Bertz CT molecular complexity index is 190. The van der Waals surface area contributed by atoms with Crippen LogP contribution in [0.2, 0.25) is 0 Å². The van der Waals surface area contributed by atoms with Crippen molar-refractivity contribution in [1.29, 1.82) is 0 Å². The van der Waals surface area contributed by atoms with Gasteiger partial charge >= 0.3 is 5.97 Å². The molecule has 3 nitrogen and oxygen atoms in total. The lowest BCUT2D eigenvalue weighted by Gasteiger charge is -2.31. The highest BCUT2D eigenvalue weighted by atomic mass is 16.4. The molecule has 0 aliphatic heterocycles. The van der Waals surface area contributed by atoms with Crippen molar-refractivity contribution in [1.82, 2.24) is 0 Å². The lowest BCUT2D eigenvalue weighted by Crippen LogP contribution is -2.42. The van der Waals surface area contributed by atoms with Crippen LogP contribution in [0.15, 0.2) is 0 Å². The zero-order chi connectivity index (χ0) is 9.35. The third-order valence-electron chi connectivity index (χ3n) is 3.19. The Labute approximate surface area is 72.4 Å². The van der Waals surface area contributed by atoms with E-state index in [0.29, 0.717) is 6.42 Å². The number of hydrogen-bond donors (Lipinski definition) is 2. The van der Waals surface area contributed by atoms with Crippen LogP contribution in [-0.4, -0.2) is 21.8 Å². The molecule has 1 saturated carbocycles. The summed E-state index contributed by atoms with van der Waals surface area (Å²) in [5.74, 6) is -1.43. The van der Waals surface area contributed by atoms with Crippen LogP contribution in [-0.2, 0) is 4.79 Å². The monoisotopic (exact) mass is 172 g/mol. The average molecular weight is 172 g/mol. The van der Waals surface area contributed by atoms with Gasteiger partial charge in [-0.15, -0.1) is 0 Å². The van der Waals surface area contributed by atoms with Crippen LogP contribution >= 0.6 is 0 Å². The van der Waals surface area contributed by atoms with Gasteiger partial charge in [-0.2, -0.15) is 0 Å². The fourth-order valence-corrected chi connectivity index (χ4v) is 2.04. The normalized spacial score (nSPS) is 38.1. The molecule has 1 fully saturated rings. The third kappa shape index (κ3) is 1.33. The Morgan fingerprint density at radius 3 is 2.58 bits per heavy atom. The minimum Gasteiger partial charge on any atom is -0.481 e. The zero-order valence-corrected chi connectivity index (χ0v) is 7.58. The van der Waals surface area contributed by atoms with Gasteiger partial charge in [0.05, 0.1) is 11.5 Å². The molecule has 1 rings (SSSR count). The maximum absolute atomic E-state index is 10.7. The first kappa shape index (κ1) is 9.52. The summed E-state index contributed by atoms with van der Waals surface area (Å²) in [4.78, 5) is 10.7. The van der Waals surface area contributed by atoms with E-state index in [1.165, 1.54) is 0 Å². The molecule has 2 N–H and O–H groups in total. The number of carbonyl (C=O) groups is 1. The second-order valence-corrected chi connectivity index (χ2v) is 3.84. The molecule has 0 aromatic carbocycles. The van der Waals surface area contributed by atoms with Crippen LogP contribution in [0.4, 0.5) is 0 Å². The van der Waals surface area contributed by atoms with Crippen molar-refractivity contribution in [2.75, 3.05) is 0 Å². The molecule has 1 aliphatic rings. The summed E-state index contributed by atoms with van der Waals surface area (Å²) in [6.07, 6.45) is 2.50. The van der Waals surface area contributed by atoms with E-state index in [-0.39, 0.29) is 5.92 Å². The predicted molar refractivity (Wildman–Crippen MR) is 44.8 cm³/mol. The standard InChI is InChI=1S/C9H16O3/c1-6-4-3-5-9(6,12)7(2)8(10)11/h6-7,12H,3-5H2,1-2H3,(H,10,11). The van der Waals surface area contributed by atoms with Gasteiger partial charge in [-0.05, 0) is 25.7 Å². The van der Waals surface area contributed by atoms with Crippen LogP contribution < -0.4 is 0 Å². The van der Waals surface area contributed by atoms with Crippen molar-refractivity contribution in [3.8, 4) is 0 Å². The van der Waals surface area contributed by atoms with Crippen LogP contribution in [0.25, 0.3) is 0 Å². The minimum absolute atomic E-state index is 0.114. The van der Waals surface area contributed by atoms with Gasteiger partial charge in [-0.3, -0.25) is 4.79 Å². The van der Waals surface area contributed by atoms with Crippen LogP contribution in [0.5, 0.6) is 0 Å². The van der Waals surface area contributed by atoms with Crippen molar-refractivity contribution in [2.24, 2.45) is 11.8 Å². The first-order valence-electron chi connectivity index (χ1n) is 4.43. The molecular formula is C9H16O3. The molecule has 0 heterocycles. The summed E-state index contributed by atoms with van der Waals surface area (Å²) in [5, 5.41) is 18.8. The summed E-state index contributed by atoms with van der Waals surface area (Å²) in [6.45, 7) is 3.51. The molecular weight excluding hydrogens is 156 g/mol. The molecule has 3 heteroatoms. The molecule has 3 atom stereocenters. The number of aliphatic hydroxyl groups is 1. The quantitative estimate of drug-likeness (QED) is 0.659. The number of rotatable bonds is 2. The lowest BCUT2D eigenvalue weighted by atomic mass is 9.81. The maximum atomic E-state index is 10.7. The van der Waals surface area contributed by atoms with Gasteiger partial charge in [0.2, 0.25) is 0 Å². The Balaban J connectivity index is 2.76. The smallest absolute Gasteiger partial charge is 0.309 e.